The van der Waals surface area contributed by atoms with Gasteiger partial charge in [0.25, 0.3) is 0 Å². The van der Waals surface area contributed by atoms with Gasteiger partial charge in [0.05, 0.1) is 0 Å². The van der Waals surface area contributed by atoms with Gasteiger partial charge in [0.1, 0.15) is 0 Å². The van der Waals surface area contributed by atoms with Crippen LogP contribution in [0.5, 0.6) is 0 Å². The maximum atomic E-state index is 5.55. The second kappa shape index (κ2) is 8.52. The van der Waals surface area contributed by atoms with E-state index in [0.717, 1.165) is 50.4 Å². The number of pyridine rings is 1. The molecule has 0 unspecified atom stereocenters. The molecular formula is C22H27N5O. The summed E-state index contributed by atoms with van der Waals surface area (Å²) in [7, 11) is 4.14. The number of nitrogens with zero attached hydrogens (tertiary/aromatic N) is 5. The molecule has 0 bridgehead atoms. The van der Waals surface area contributed by atoms with Crippen molar-refractivity contribution in [1.29, 1.82) is 0 Å². The fourth-order valence-corrected chi connectivity index (χ4v) is 3.67. The minimum atomic E-state index is 0.360. The molecule has 0 saturated carbocycles. The monoisotopic (exact) mass is 377 g/mol. The fraction of sp³-hybridized carbons (Fsp3) is 0.409. The topological polar surface area (TPSA) is 58.3 Å². The molecule has 0 radical (unpaired) electrons. The molecule has 2 aromatic heterocycles. The third-order valence-electron chi connectivity index (χ3n) is 5.49. The lowest BCUT2D eigenvalue weighted by Crippen LogP contribution is -2.34. The summed E-state index contributed by atoms with van der Waals surface area (Å²) in [6, 6.07) is 12.7. The lowest BCUT2D eigenvalue weighted by atomic mass is 9.96. The Morgan fingerprint density at radius 3 is 2.43 bits per heavy atom. The lowest BCUT2D eigenvalue weighted by molar-refractivity contribution is 0.196. The Balaban J connectivity index is 1.27. The van der Waals surface area contributed by atoms with Crippen molar-refractivity contribution in [3.63, 3.8) is 0 Å². The van der Waals surface area contributed by atoms with Crippen molar-refractivity contribution in [2.24, 2.45) is 0 Å². The standard InChI is InChI=1S/C22H27N5O/c1-26(2)20-5-3-17(4-6-20)9-14-27-15-10-19(11-16-27)22-24-21(25-28-22)18-7-12-23-13-8-18/h3-8,12-13,19H,9-11,14-16H2,1-2H3. The normalized spacial score (nSPS) is 15.6. The highest BCUT2D eigenvalue weighted by molar-refractivity contribution is 5.52. The zero-order valence-corrected chi connectivity index (χ0v) is 16.6. The van der Waals surface area contributed by atoms with Crippen LogP contribution in [0.3, 0.4) is 0 Å². The van der Waals surface area contributed by atoms with Gasteiger partial charge in [0, 0.05) is 50.2 Å². The van der Waals surface area contributed by atoms with Crippen LogP contribution in [-0.4, -0.2) is 53.8 Å². The van der Waals surface area contributed by atoms with Crippen LogP contribution >= 0.6 is 0 Å². The van der Waals surface area contributed by atoms with E-state index in [9.17, 15) is 0 Å². The van der Waals surface area contributed by atoms with E-state index in [2.05, 4.69) is 63.3 Å². The largest absolute Gasteiger partial charge is 0.378 e. The zero-order chi connectivity index (χ0) is 19.3. The Kier molecular flexibility index (Phi) is 5.67. The van der Waals surface area contributed by atoms with Crippen LogP contribution in [-0.2, 0) is 6.42 Å². The van der Waals surface area contributed by atoms with E-state index in [1.807, 2.05) is 12.1 Å². The van der Waals surface area contributed by atoms with Crippen LogP contribution in [0.2, 0.25) is 0 Å². The van der Waals surface area contributed by atoms with Crippen LogP contribution in [0.4, 0.5) is 5.69 Å². The molecule has 1 fully saturated rings. The smallest absolute Gasteiger partial charge is 0.230 e. The molecule has 1 saturated heterocycles. The molecule has 0 atom stereocenters. The summed E-state index contributed by atoms with van der Waals surface area (Å²) in [6.07, 6.45) is 6.72. The number of aromatic nitrogens is 3. The van der Waals surface area contributed by atoms with E-state index in [-0.39, 0.29) is 0 Å². The van der Waals surface area contributed by atoms with Gasteiger partial charge < -0.3 is 14.3 Å². The predicted molar refractivity (Wildman–Crippen MR) is 110 cm³/mol. The average molecular weight is 377 g/mol. The number of hydrogen-bond donors (Lipinski definition) is 0. The molecule has 4 rings (SSSR count). The predicted octanol–water partition coefficient (Wildman–Crippen LogP) is 3.62. The highest BCUT2D eigenvalue weighted by Crippen LogP contribution is 2.28. The second-order valence-corrected chi connectivity index (χ2v) is 7.62. The van der Waals surface area contributed by atoms with E-state index < -0.39 is 0 Å². The number of hydrogen-bond acceptors (Lipinski definition) is 6. The zero-order valence-electron chi connectivity index (χ0n) is 16.6. The van der Waals surface area contributed by atoms with Crippen molar-refractivity contribution in [1.82, 2.24) is 20.0 Å². The molecule has 0 N–H and O–H groups in total. The SMILES string of the molecule is CN(C)c1ccc(CCN2CCC(c3nc(-c4ccncc4)no3)CC2)cc1. The molecule has 1 aromatic carbocycles. The summed E-state index contributed by atoms with van der Waals surface area (Å²) in [5.41, 5.74) is 3.59. The van der Waals surface area contributed by atoms with E-state index in [1.165, 1.54) is 11.3 Å². The summed E-state index contributed by atoms with van der Waals surface area (Å²) in [5, 5.41) is 4.15. The van der Waals surface area contributed by atoms with Crippen LogP contribution in [0.1, 0.15) is 30.2 Å². The van der Waals surface area contributed by atoms with Crippen molar-refractivity contribution >= 4 is 5.69 Å². The summed E-state index contributed by atoms with van der Waals surface area (Å²) in [6.45, 7) is 3.25. The van der Waals surface area contributed by atoms with E-state index in [4.69, 9.17) is 4.52 Å². The lowest BCUT2D eigenvalue weighted by Gasteiger charge is -2.30. The molecule has 1 aliphatic heterocycles. The molecule has 6 nitrogen and oxygen atoms in total. The Bertz CT molecular complexity index is 867. The van der Waals surface area contributed by atoms with Gasteiger partial charge in [-0.2, -0.15) is 4.98 Å². The minimum absolute atomic E-state index is 0.360. The second-order valence-electron chi connectivity index (χ2n) is 7.62. The molecule has 146 valence electrons. The maximum Gasteiger partial charge on any atom is 0.230 e. The van der Waals surface area contributed by atoms with Crippen LogP contribution in [0.25, 0.3) is 11.4 Å². The summed E-state index contributed by atoms with van der Waals surface area (Å²) >= 11 is 0. The van der Waals surface area contributed by atoms with Crippen molar-refractivity contribution < 1.29 is 4.52 Å². The summed E-state index contributed by atoms with van der Waals surface area (Å²) in [5.74, 6) is 1.78. The molecule has 0 aliphatic carbocycles. The summed E-state index contributed by atoms with van der Waals surface area (Å²) < 4.78 is 5.55. The number of rotatable bonds is 6. The molecule has 28 heavy (non-hydrogen) atoms. The van der Waals surface area contributed by atoms with Gasteiger partial charge in [-0.1, -0.05) is 17.3 Å². The molecule has 6 heteroatoms. The van der Waals surface area contributed by atoms with Crippen molar-refractivity contribution in [2.45, 2.75) is 25.2 Å². The first kappa shape index (κ1) is 18.6. The van der Waals surface area contributed by atoms with Crippen molar-refractivity contribution in [3.05, 3.63) is 60.2 Å². The van der Waals surface area contributed by atoms with Gasteiger partial charge in [0.15, 0.2) is 0 Å². The van der Waals surface area contributed by atoms with E-state index >= 15 is 0 Å². The highest BCUT2D eigenvalue weighted by Gasteiger charge is 2.25. The Hall–Kier alpha value is -2.73. The first-order chi connectivity index (χ1) is 13.7. The first-order valence-corrected chi connectivity index (χ1v) is 9.91. The van der Waals surface area contributed by atoms with E-state index in [0.29, 0.717) is 11.7 Å². The van der Waals surface area contributed by atoms with Gasteiger partial charge >= 0.3 is 0 Å². The van der Waals surface area contributed by atoms with Gasteiger partial charge in [-0.25, -0.2) is 0 Å². The fourth-order valence-electron chi connectivity index (χ4n) is 3.67. The van der Waals surface area contributed by atoms with Gasteiger partial charge in [-0.15, -0.1) is 0 Å². The molecule has 0 amide bonds. The number of anilines is 1. The van der Waals surface area contributed by atoms with Crippen LogP contribution < -0.4 is 4.90 Å². The third kappa shape index (κ3) is 4.39. The van der Waals surface area contributed by atoms with Crippen LogP contribution in [0.15, 0.2) is 53.3 Å². The van der Waals surface area contributed by atoms with Crippen LogP contribution in [0, 0.1) is 0 Å². The molecular weight excluding hydrogens is 350 g/mol. The van der Waals surface area contributed by atoms with Crippen molar-refractivity contribution in [2.75, 3.05) is 38.6 Å². The highest BCUT2D eigenvalue weighted by atomic mass is 16.5. The minimum Gasteiger partial charge on any atom is -0.378 e. The maximum absolute atomic E-state index is 5.55. The molecule has 3 heterocycles. The number of benzene rings is 1. The number of likely N-dealkylation sites (tertiary alicyclic amines) is 1. The summed E-state index contributed by atoms with van der Waals surface area (Å²) in [4.78, 5) is 13.3. The Morgan fingerprint density at radius 1 is 1.04 bits per heavy atom. The van der Waals surface area contributed by atoms with E-state index in [1.54, 1.807) is 12.4 Å². The van der Waals surface area contributed by atoms with Gasteiger partial charge in [0.2, 0.25) is 11.7 Å². The Labute approximate surface area is 166 Å². The third-order valence-corrected chi connectivity index (χ3v) is 5.49. The first-order valence-electron chi connectivity index (χ1n) is 9.91. The van der Waals surface area contributed by atoms with Gasteiger partial charge in [-0.05, 0) is 62.2 Å². The van der Waals surface area contributed by atoms with Gasteiger partial charge in [-0.3, -0.25) is 4.98 Å². The van der Waals surface area contributed by atoms with Crippen molar-refractivity contribution in [3.8, 4) is 11.4 Å². The number of piperidine rings is 1. The molecule has 1 aliphatic rings. The molecule has 0 spiro atoms. The Morgan fingerprint density at radius 2 is 1.75 bits per heavy atom. The quantitative estimate of drug-likeness (QED) is 0.654. The average Bonchev–Trinajstić information content (AvgIpc) is 3.24. The molecule has 3 aromatic rings.